The Hall–Kier alpha value is -4.18. The smallest absolute Gasteiger partial charge is 0.490 e. The molecule has 2 aliphatic heterocycles. The van der Waals surface area contributed by atoms with E-state index in [0.717, 1.165) is 61.1 Å². The number of methoxy groups -OCH3 is 1. The highest BCUT2D eigenvalue weighted by atomic mass is 19.4. The van der Waals surface area contributed by atoms with Gasteiger partial charge in [-0.1, -0.05) is 6.07 Å². The number of imidazole rings is 1. The molecule has 1 spiro atoms. The number of aromatic nitrogens is 3. The molecule has 1 aromatic carbocycles. The zero-order valence-corrected chi connectivity index (χ0v) is 22.0. The first-order chi connectivity index (χ1) is 19.6. The highest BCUT2D eigenvalue weighted by Crippen LogP contribution is 2.35. The number of rotatable bonds is 4. The Morgan fingerprint density at radius 2 is 1.60 bits per heavy atom. The molecule has 0 saturated carbocycles. The lowest BCUT2D eigenvalue weighted by Crippen LogP contribution is -2.44. The Labute approximate surface area is 235 Å². The van der Waals surface area contributed by atoms with Gasteiger partial charge in [-0.15, -0.1) is 0 Å². The Morgan fingerprint density at radius 3 is 2.12 bits per heavy atom. The minimum Gasteiger partial charge on any atom is -0.497 e. The Balaban J connectivity index is 0.000000289. The molecule has 1 atom stereocenters. The number of alkyl halides is 6. The predicted octanol–water partition coefficient (Wildman–Crippen LogP) is 4.40. The van der Waals surface area contributed by atoms with Crippen LogP contribution in [0.4, 0.5) is 26.3 Å². The molecule has 10 nitrogen and oxygen atoms in total. The molecule has 5 rings (SSSR count). The number of carboxylic acids is 2. The van der Waals surface area contributed by atoms with Gasteiger partial charge in [-0.3, -0.25) is 9.88 Å². The van der Waals surface area contributed by atoms with Crippen molar-refractivity contribution in [2.45, 2.75) is 44.1 Å². The van der Waals surface area contributed by atoms with Gasteiger partial charge in [0, 0.05) is 31.4 Å². The van der Waals surface area contributed by atoms with E-state index < -0.39 is 24.3 Å². The van der Waals surface area contributed by atoms with Gasteiger partial charge in [0.05, 0.1) is 31.2 Å². The topological polar surface area (TPSA) is 127 Å². The maximum atomic E-state index is 10.6. The summed E-state index contributed by atoms with van der Waals surface area (Å²) in [6, 6.07) is 14.3. The van der Waals surface area contributed by atoms with E-state index in [-0.39, 0.29) is 5.60 Å². The number of aliphatic carboxylic acids is 2. The molecular formula is C26H26F6N4O6. The van der Waals surface area contributed by atoms with E-state index in [4.69, 9.17) is 29.3 Å². The molecule has 228 valence electrons. The van der Waals surface area contributed by atoms with Gasteiger partial charge in [0.2, 0.25) is 0 Å². The lowest BCUT2D eigenvalue weighted by molar-refractivity contribution is -0.193. The molecule has 0 bridgehead atoms. The largest absolute Gasteiger partial charge is 0.497 e. The summed E-state index contributed by atoms with van der Waals surface area (Å²) in [5, 5.41) is 14.2. The Bertz CT molecular complexity index is 1320. The normalized spacial score (nSPS) is 18.3. The molecule has 1 fully saturated rings. The second-order valence-electron chi connectivity index (χ2n) is 9.23. The maximum Gasteiger partial charge on any atom is 0.490 e. The molecule has 2 aromatic heterocycles. The minimum absolute atomic E-state index is 0.149. The van der Waals surface area contributed by atoms with Crippen LogP contribution in [0.2, 0.25) is 0 Å². The van der Waals surface area contributed by atoms with Crippen molar-refractivity contribution in [3.8, 4) is 17.0 Å². The minimum atomic E-state index is -5.08. The summed E-state index contributed by atoms with van der Waals surface area (Å²) in [7, 11) is 1.69. The molecule has 42 heavy (non-hydrogen) atoms. The number of pyridine rings is 1. The highest BCUT2D eigenvalue weighted by molar-refractivity contribution is 5.73. The number of likely N-dealkylation sites (tertiary alicyclic amines) is 1. The zero-order valence-electron chi connectivity index (χ0n) is 22.0. The van der Waals surface area contributed by atoms with Gasteiger partial charge in [-0.2, -0.15) is 26.3 Å². The number of carboxylic acid groups (broad SMARTS) is 2. The van der Waals surface area contributed by atoms with Gasteiger partial charge in [0.25, 0.3) is 0 Å². The lowest BCUT2D eigenvalue weighted by atomic mass is 10.0. The quantitative estimate of drug-likeness (QED) is 0.417. The van der Waals surface area contributed by atoms with Crippen molar-refractivity contribution >= 4 is 11.9 Å². The van der Waals surface area contributed by atoms with E-state index in [9.17, 15) is 26.3 Å². The number of nitrogens with zero attached hydrogens (tertiary/aromatic N) is 4. The molecule has 1 saturated heterocycles. The van der Waals surface area contributed by atoms with Crippen molar-refractivity contribution in [1.82, 2.24) is 19.4 Å². The van der Waals surface area contributed by atoms with Crippen LogP contribution in [0.15, 0.2) is 54.9 Å². The Kier molecular flexibility index (Phi) is 10.2. The van der Waals surface area contributed by atoms with Crippen LogP contribution in [0.25, 0.3) is 11.3 Å². The fraction of sp³-hybridized carbons (Fsp3) is 0.385. The third-order valence-electron chi connectivity index (χ3n) is 6.27. The molecule has 0 amide bonds. The van der Waals surface area contributed by atoms with E-state index >= 15 is 0 Å². The summed E-state index contributed by atoms with van der Waals surface area (Å²) in [4.78, 5) is 29.3. The second-order valence-corrected chi connectivity index (χ2v) is 9.23. The van der Waals surface area contributed by atoms with Crippen LogP contribution >= 0.6 is 0 Å². The number of ether oxygens (including phenoxy) is 2. The number of carbonyl (C=O) groups is 2. The number of halogens is 6. The fourth-order valence-electron chi connectivity index (χ4n) is 4.28. The van der Waals surface area contributed by atoms with Crippen LogP contribution < -0.4 is 4.74 Å². The van der Waals surface area contributed by atoms with Crippen LogP contribution in [-0.2, 0) is 34.0 Å². The molecule has 16 heteroatoms. The van der Waals surface area contributed by atoms with Crippen molar-refractivity contribution in [3.05, 3.63) is 66.4 Å². The third kappa shape index (κ3) is 8.66. The van der Waals surface area contributed by atoms with Crippen molar-refractivity contribution in [1.29, 1.82) is 0 Å². The highest BCUT2D eigenvalue weighted by Gasteiger charge is 2.43. The van der Waals surface area contributed by atoms with E-state index in [1.165, 1.54) is 0 Å². The van der Waals surface area contributed by atoms with Crippen LogP contribution in [-0.4, -0.2) is 79.7 Å². The molecule has 0 aliphatic carbocycles. The Morgan fingerprint density at radius 1 is 0.976 bits per heavy atom. The monoisotopic (exact) mass is 604 g/mol. The summed E-state index contributed by atoms with van der Waals surface area (Å²) in [5.41, 5.74) is 3.25. The number of benzene rings is 1. The molecule has 2 N–H and O–H groups in total. The van der Waals surface area contributed by atoms with Gasteiger partial charge in [-0.25, -0.2) is 14.6 Å². The average Bonchev–Trinajstić information content (AvgIpc) is 3.52. The first-order valence-corrected chi connectivity index (χ1v) is 12.2. The second kappa shape index (κ2) is 13.2. The fourth-order valence-corrected chi connectivity index (χ4v) is 4.28. The first-order valence-electron chi connectivity index (χ1n) is 12.2. The SMILES string of the molecule is COc1ccc(-c2cnc3n2CC2(CCN(Cc4ccccn4)C2)OC3)cc1.O=C(O)C(F)(F)F.O=C(O)C(F)(F)F. The van der Waals surface area contributed by atoms with Gasteiger partial charge >= 0.3 is 24.3 Å². The van der Waals surface area contributed by atoms with Gasteiger partial charge in [0.15, 0.2) is 0 Å². The van der Waals surface area contributed by atoms with Gasteiger partial charge < -0.3 is 24.3 Å². The van der Waals surface area contributed by atoms with E-state index in [2.05, 4.69) is 37.6 Å². The summed E-state index contributed by atoms with van der Waals surface area (Å²) in [6.07, 6.45) is -5.32. The number of hydrogen-bond acceptors (Lipinski definition) is 7. The van der Waals surface area contributed by atoms with Crippen molar-refractivity contribution in [3.63, 3.8) is 0 Å². The van der Waals surface area contributed by atoms with Crippen LogP contribution in [0.5, 0.6) is 5.75 Å². The van der Waals surface area contributed by atoms with E-state index in [0.29, 0.717) is 6.61 Å². The summed E-state index contributed by atoms with van der Waals surface area (Å²) in [6.45, 7) is 4.21. The maximum absolute atomic E-state index is 10.6. The van der Waals surface area contributed by atoms with Gasteiger partial charge in [0.1, 0.15) is 23.8 Å². The summed E-state index contributed by atoms with van der Waals surface area (Å²) in [5.74, 6) is -3.65. The number of hydrogen-bond donors (Lipinski definition) is 2. The average molecular weight is 605 g/mol. The van der Waals surface area contributed by atoms with E-state index in [1.54, 1.807) is 7.11 Å². The lowest BCUT2D eigenvalue weighted by Gasteiger charge is -2.35. The molecule has 1 unspecified atom stereocenters. The van der Waals surface area contributed by atoms with Crippen LogP contribution in [0.1, 0.15) is 17.9 Å². The molecule has 3 aromatic rings. The third-order valence-corrected chi connectivity index (χ3v) is 6.27. The summed E-state index contributed by atoms with van der Waals surface area (Å²) < 4.78 is 77.4. The van der Waals surface area contributed by atoms with Crippen molar-refractivity contribution in [2.24, 2.45) is 0 Å². The van der Waals surface area contributed by atoms with Gasteiger partial charge in [-0.05, 0) is 42.8 Å². The van der Waals surface area contributed by atoms with Crippen molar-refractivity contribution < 1.29 is 55.6 Å². The standard InChI is InChI=1S/C22H24N4O2.2C2HF3O2/c1-27-19-7-5-17(6-8-19)20-12-24-21-14-28-22(16-26(20)21)9-11-25(15-22)13-18-4-2-3-10-23-18;2*3-2(4,5)1(6)7/h2-8,10,12H,9,11,13-16H2,1H3;2*(H,6,7). The molecule has 0 radical (unpaired) electrons. The summed E-state index contributed by atoms with van der Waals surface area (Å²) >= 11 is 0. The van der Waals surface area contributed by atoms with E-state index in [1.807, 2.05) is 36.7 Å². The first kappa shape index (κ1) is 32.3. The molecule has 4 heterocycles. The van der Waals surface area contributed by atoms with Crippen LogP contribution in [0.3, 0.4) is 0 Å². The van der Waals surface area contributed by atoms with Crippen molar-refractivity contribution in [2.75, 3.05) is 20.2 Å². The number of fused-ring (bicyclic) bond motifs is 1. The molecule has 2 aliphatic rings. The predicted molar refractivity (Wildman–Crippen MR) is 133 cm³/mol. The zero-order chi connectivity index (χ0) is 31.1. The van der Waals surface area contributed by atoms with Crippen LogP contribution in [0, 0.1) is 0 Å². The molecular weight excluding hydrogens is 578 g/mol.